The van der Waals surface area contributed by atoms with Gasteiger partial charge in [-0.25, -0.2) is 0 Å². The van der Waals surface area contributed by atoms with Crippen molar-refractivity contribution in [1.29, 1.82) is 5.26 Å². The first kappa shape index (κ1) is 17.2. The lowest BCUT2D eigenvalue weighted by molar-refractivity contribution is -0.141. The van der Waals surface area contributed by atoms with Crippen LogP contribution in [-0.4, -0.2) is 47.6 Å². The minimum Gasteiger partial charge on any atom is -0.480 e. The van der Waals surface area contributed by atoms with Gasteiger partial charge in [0.15, 0.2) is 5.78 Å². The molecule has 0 amide bonds. The Labute approximate surface area is 146 Å². The van der Waals surface area contributed by atoms with Gasteiger partial charge in [0.2, 0.25) is 0 Å². The van der Waals surface area contributed by atoms with E-state index in [-0.39, 0.29) is 11.2 Å². The van der Waals surface area contributed by atoms with E-state index in [9.17, 15) is 20.0 Å². The van der Waals surface area contributed by atoms with Crippen LogP contribution >= 0.6 is 0 Å². The zero-order valence-electron chi connectivity index (χ0n) is 14.3. The molecule has 0 bridgehead atoms. The van der Waals surface area contributed by atoms with Crippen LogP contribution in [0.25, 0.3) is 5.70 Å². The maximum Gasteiger partial charge on any atom is 0.319 e. The van der Waals surface area contributed by atoms with E-state index < -0.39 is 17.7 Å². The Bertz CT molecular complexity index is 798. The molecule has 6 heteroatoms. The number of fused-ring (bicyclic) bond motifs is 1. The molecule has 0 aromatic heterocycles. The summed E-state index contributed by atoms with van der Waals surface area (Å²) in [6, 6.07) is 8.91. The molecule has 6 nitrogen and oxygen atoms in total. The minimum absolute atomic E-state index is 0.0629. The number of likely N-dealkylation sites (tertiary alicyclic amines) is 1. The lowest BCUT2D eigenvalue weighted by Crippen LogP contribution is -2.44. The van der Waals surface area contributed by atoms with Crippen LogP contribution in [0, 0.1) is 11.3 Å². The van der Waals surface area contributed by atoms with Crippen LogP contribution < -0.4 is 0 Å². The maximum atomic E-state index is 12.7. The average Bonchev–Trinajstić information content (AvgIpc) is 2.61. The van der Waals surface area contributed by atoms with Crippen molar-refractivity contribution < 1.29 is 19.4 Å². The number of ketones is 1. The van der Waals surface area contributed by atoms with E-state index in [2.05, 4.69) is 0 Å². The second-order valence-electron chi connectivity index (χ2n) is 6.70. The second kappa shape index (κ2) is 6.34. The number of rotatable bonds is 3. The number of carboxylic acid groups (broad SMARTS) is 1. The van der Waals surface area contributed by atoms with Gasteiger partial charge in [-0.15, -0.1) is 0 Å². The number of ether oxygens (including phenoxy) is 1. The van der Waals surface area contributed by atoms with Crippen molar-refractivity contribution >= 4 is 17.4 Å². The molecule has 2 aliphatic rings. The number of hydrogen-bond donors (Lipinski definition) is 1. The topological polar surface area (TPSA) is 90.6 Å². The molecule has 130 valence electrons. The van der Waals surface area contributed by atoms with E-state index in [1.54, 1.807) is 31.4 Å². The lowest BCUT2D eigenvalue weighted by Gasteiger charge is -2.42. The maximum absolute atomic E-state index is 12.7. The quantitative estimate of drug-likeness (QED) is 0.848. The van der Waals surface area contributed by atoms with Gasteiger partial charge in [0.25, 0.3) is 0 Å². The summed E-state index contributed by atoms with van der Waals surface area (Å²) in [7, 11) is 1.69. The van der Waals surface area contributed by atoms with Crippen molar-refractivity contribution in [2.45, 2.75) is 31.3 Å². The first-order valence-corrected chi connectivity index (χ1v) is 8.22. The van der Waals surface area contributed by atoms with Gasteiger partial charge in [0, 0.05) is 25.8 Å². The number of benzene rings is 1. The number of nitriles is 1. The van der Waals surface area contributed by atoms with Crippen molar-refractivity contribution in [3.8, 4) is 6.07 Å². The number of carbonyl (C=O) groups is 2. The molecule has 0 saturated carbocycles. The number of piperidine rings is 1. The third kappa shape index (κ3) is 2.81. The molecule has 3 rings (SSSR count). The van der Waals surface area contributed by atoms with Crippen LogP contribution in [0.3, 0.4) is 0 Å². The molecule has 1 aromatic carbocycles. The summed E-state index contributed by atoms with van der Waals surface area (Å²) < 4.78 is 5.55. The standard InChI is InChI=1S/C19H20N2O4/c1-19(25-2)7-9-21(10-8-19)16-13-6-4-3-5-12(13)15(18(23)24)17(22)14(16)11-20/h3-6,15H,7-10H2,1-2H3,(H,23,24). The normalized spacial score (nSPS) is 22.4. The highest BCUT2D eigenvalue weighted by molar-refractivity contribution is 6.20. The number of hydrogen-bond acceptors (Lipinski definition) is 5. The highest BCUT2D eigenvalue weighted by atomic mass is 16.5. The second-order valence-corrected chi connectivity index (χ2v) is 6.70. The molecule has 25 heavy (non-hydrogen) atoms. The molecule has 1 saturated heterocycles. The van der Waals surface area contributed by atoms with Crippen molar-refractivity contribution in [2.75, 3.05) is 20.2 Å². The largest absolute Gasteiger partial charge is 0.480 e. The van der Waals surface area contributed by atoms with E-state index in [1.165, 1.54) is 0 Å². The van der Waals surface area contributed by atoms with Gasteiger partial charge in [-0.1, -0.05) is 24.3 Å². The monoisotopic (exact) mass is 340 g/mol. The number of carboxylic acids is 1. The van der Waals surface area contributed by atoms with Gasteiger partial charge in [-0.2, -0.15) is 5.26 Å². The molecule has 1 aliphatic carbocycles. The zero-order valence-corrected chi connectivity index (χ0v) is 14.3. The van der Waals surface area contributed by atoms with Crippen molar-refractivity contribution in [2.24, 2.45) is 0 Å². The molecule has 1 N–H and O–H groups in total. The third-order valence-electron chi connectivity index (χ3n) is 5.26. The van der Waals surface area contributed by atoms with Crippen LogP contribution in [0.2, 0.25) is 0 Å². The number of aliphatic carboxylic acids is 1. The molecule has 0 spiro atoms. The predicted molar refractivity (Wildman–Crippen MR) is 90.6 cm³/mol. The van der Waals surface area contributed by atoms with E-state index in [1.807, 2.05) is 17.9 Å². The van der Waals surface area contributed by atoms with Crippen LogP contribution in [0.5, 0.6) is 0 Å². The Hall–Kier alpha value is -2.65. The molecule has 1 aliphatic heterocycles. The lowest BCUT2D eigenvalue weighted by atomic mass is 9.79. The van der Waals surface area contributed by atoms with E-state index >= 15 is 0 Å². The number of Topliss-reactive ketones (excluding diaryl/α,β-unsaturated/α-hetero) is 1. The fraction of sp³-hybridized carbons (Fsp3) is 0.421. The predicted octanol–water partition coefficient (Wildman–Crippen LogP) is 2.17. The Kier molecular flexibility index (Phi) is 4.36. The van der Waals surface area contributed by atoms with Gasteiger partial charge in [0.05, 0.1) is 11.3 Å². The van der Waals surface area contributed by atoms with Crippen molar-refractivity contribution in [3.05, 3.63) is 41.0 Å². The molecular weight excluding hydrogens is 320 g/mol. The molecule has 1 unspecified atom stereocenters. The van der Waals surface area contributed by atoms with E-state index in [0.29, 0.717) is 29.9 Å². The Morgan fingerprint density at radius 3 is 2.56 bits per heavy atom. The number of nitrogens with zero attached hydrogens (tertiary/aromatic N) is 2. The Morgan fingerprint density at radius 1 is 1.36 bits per heavy atom. The van der Waals surface area contributed by atoms with Gasteiger partial charge in [-0.3, -0.25) is 9.59 Å². The number of methoxy groups -OCH3 is 1. The molecular formula is C19H20N2O4. The fourth-order valence-electron chi connectivity index (χ4n) is 3.59. The summed E-state index contributed by atoms with van der Waals surface area (Å²) in [5.74, 6) is -3.18. The molecule has 0 radical (unpaired) electrons. The van der Waals surface area contributed by atoms with E-state index in [0.717, 1.165) is 12.8 Å². The highest BCUT2D eigenvalue weighted by Gasteiger charge is 2.41. The molecule has 1 aromatic rings. The fourth-order valence-corrected chi connectivity index (χ4v) is 3.59. The van der Waals surface area contributed by atoms with Gasteiger partial charge in [-0.05, 0) is 25.3 Å². The van der Waals surface area contributed by atoms with Crippen LogP contribution in [0.4, 0.5) is 0 Å². The molecule has 1 atom stereocenters. The van der Waals surface area contributed by atoms with Crippen LogP contribution in [0.1, 0.15) is 36.8 Å². The van der Waals surface area contributed by atoms with Crippen molar-refractivity contribution in [1.82, 2.24) is 4.90 Å². The average molecular weight is 340 g/mol. The van der Waals surface area contributed by atoms with Gasteiger partial charge in [0.1, 0.15) is 17.6 Å². The number of allylic oxidation sites excluding steroid dienone is 1. The summed E-state index contributed by atoms with van der Waals surface area (Å²) in [6.45, 7) is 3.33. The zero-order chi connectivity index (χ0) is 18.2. The summed E-state index contributed by atoms with van der Waals surface area (Å²) in [4.78, 5) is 26.3. The first-order valence-electron chi connectivity index (χ1n) is 8.22. The summed E-state index contributed by atoms with van der Waals surface area (Å²) >= 11 is 0. The van der Waals surface area contributed by atoms with Crippen LogP contribution in [0.15, 0.2) is 29.8 Å². The summed E-state index contributed by atoms with van der Waals surface area (Å²) in [6.07, 6.45) is 1.54. The minimum atomic E-state index is -1.32. The van der Waals surface area contributed by atoms with Gasteiger partial charge < -0.3 is 14.7 Å². The van der Waals surface area contributed by atoms with Gasteiger partial charge >= 0.3 is 5.97 Å². The number of carbonyl (C=O) groups excluding carboxylic acids is 1. The smallest absolute Gasteiger partial charge is 0.319 e. The van der Waals surface area contributed by atoms with Crippen molar-refractivity contribution in [3.63, 3.8) is 0 Å². The third-order valence-corrected chi connectivity index (χ3v) is 5.26. The van der Waals surface area contributed by atoms with E-state index in [4.69, 9.17) is 4.74 Å². The van der Waals surface area contributed by atoms with Crippen LogP contribution in [-0.2, 0) is 14.3 Å². The Balaban J connectivity index is 2.09. The first-order chi connectivity index (χ1) is 11.9. The SMILES string of the molecule is COC1(C)CCN(C2=C(C#N)C(=O)C(C(=O)O)c3ccccc32)CC1. The summed E-state index contributed by atoms with van der Waals surface area (Å²) in [5.41, 5.74) is 1.39. The summed E-state index contributed by atoms with van der Waals surface area (Å²) in [5, 5.41) is 19.0. The highest BCUT2D eigenvalue weighted by Crippen LogP contribution is 2.40. The molecule has 1 fully saturated rings. The molecule has 1 heterocycles. The Morgan fingerprint density at radius 2 is 2.00 bits per heavy atom.